The van der Waals surface area contributed by atoms with Crippen molar-refractivity contribution in [3.8, 4) is 11.3 Å². The molecule has 0 amide bonds. The fourth-order valence-electron chi connectivity index (χ4n) is 2.69. The molecule has 2 aromatic carbocycles. The molecule has 4 aromatic rings. The van der Waals surface area contributed by atoms with Gasteiger partial charge < -0.3 is 10.7 Å². The van der Waals surface area contributed by atoms with E-state index in [1.54, 1.807) is 6.33 Å². The molecule has 0 aliphatic heterocycles. The van der Waals surface area contributed by atoms with Crippen LogP contribution in [0, 0.1) is 0 Å². The Bertz CT molecular complexity index is 928. The summed E-state index contributed by atoms with van der Waals surface area (Å²) in [5.74, 6) is 0. The highest BCUT2D eigenvalue weighted by Crippen LogP contribution is 2.26. The summed E-state index contributed by atoms with van der Waals surface area (Å²) in [6.45, 7) is 0. The number of aromatic nitrogens is 4. The molecule has 5 nitrogen and oxygen atoms in total. The standard InChI is InChI=1S/C18H15N5/c19-15(12-4-2-1-3-5-12)13-6-8-14(9-7-13)16-17-18(22-10-20-16)23-11-21-17/h1-11,15H,19H2,(H,20,21,22,23)/t15-/m1/s1. The van der Waals surface area contributed by atoms with Crippen LogP contribution in [0.1, 0.15) is 17.2 Å². The molecular weight excluding hydrogens is 286 g/mol. The third-order valence-corrected chi connectivity index (χ3v) is 3.92. The van der Waals surface area contributed by atoms with Crippen LogP contribution in [-0.4, -0.2) is 19.9 Å². The quantitative estimate of drug-likeness (QED) is 0.609. The molecule has 0 saturated carbocycles. The van der Waals surface area contributed by atoms with Gasteiger partial charge in [0.25, 0.3) is 0 Å². The topological polar surface area (TPSA) is 80.5 Å². The van der Waals surface area contributed by atoms with E-state index in [1.165, 1.54) is 6.33 Å². The van der Waals surface area contributed by atoms with Gasteiger partial charge in [-0.3, -0.25) is 0 Å². The van der Waals surface area contributed by atoms with Crippen molar-refractivity contribution in [2.24, 2.45) is 5.73 Å². The van der Waals surface area contributed by atoms with Gasteiger partial charge in [0.15, 0.2) is 5.65 Å². The maximum atomic E-state index is 6.34. The van der Waals surface area contributed by atoms with E-state index in [2.05, 4.69) is 19.9 Å². The number of H-pyrrole nitrogens is 1. The van der Waals surface area contributed by atoms with Gasteiger partial charge in [-0.2, -0.15) is 0 Å². The number of nitrogens with zero attached hydrogens (tertiary/aromatic N) is 3. The minimum atomic E-state index is -0.136. The van der Waals surface area contributed by atoms with Gasteiger partial charge in [-0.1, -0.05) is 54.6 Å². The van der Waals surface area contributed by atoms with E-state index in [0.29, 0.717) is 5.65 Å². The van der Waals surface area contributed by atoms with Crippen LogP contribution < -0.4 is 5.73 Å². The van der Waals surface area contributed by atoms with E-state index in [4.69, 9.17) is 5.73 Å². The summed E-state index contributed by atoms with van der Waals surface area (Å²) in [5.41, 5.74) is 11.9. The zero-order valence-corrected chi connectivity index (χ0v) is 12.3. The second-order valence-corrected chi connectivity index (χ2v) is 5.33. The lowest BCUT2D eigenvalue weighted by molar-refractivity contribution is 0.872. The number of aromatic amines is 1. The molecule has 4 rings (SSSR count). The summed E-state index contributed by atoms with van der Waals surface area (Å²) in [6.07, 6.45) is 3.16. The molecule has 23 heavy (non-hydrogen) atoms. The van der Waals surface area contributed by atoms with Crippen molar-refractivity contribution in [1.82, 2.24) is 19.9 Å². The van der Waals surface area contributed by atoms with E-state index < -0.39 is 0 Å². The Hall–Kier alpha value is -3.05. The van der Waals surface area contributed by atoms with Gasteiger partial charge in [0.05, 0.1) is 18.1 Å². The van der Waals surface area contributed by atoms with Crippen molar-refractivity contribution in [3.63, 3.8) is 0 Å². The smallest absolute Gasteiger partial charge is 0.181 e. The summed E-state index contributed by atoms with van der Waals surface area (Å²) in [7, 11) is 0. The number of nitrogens with two attached hydrogens (primary N) is 1. The molecule has 2 aromatic heterocycles. The first-order valence-electron chi connectivity index (χ1n) is 7.38. The Labute approximate surface area is 133 Å². The lowest BCUT2D eigenvalue weighted by Gasteiger charge is -2.13. The van der Waals surface area contributed by atoms with Crippen LogP contribution >= 0.6 is 0 Å². The number of rotatable bonds is 3. The third-order valence-electron chi connectivity index (χ3n) is 3.92. The number of hydrogen-bond donors (Lipinski definition) is 2. The SMILES string of the molecule is N[C@H](c1ccccc1)c1ccc(-c2ncnc3nc[nH]c23)cc1. The van der Waals surface area contributed by atoms with Gasteiger partial charge >= 0.3 is 0 Å². The number of benzene rings is 2. The molecule has 0 radical (unpaired) electrons. The fraction of sp³-hybridized carbons (Fsp3) is 0.0556. The van der Waals surface area contributed by atoms with Crippen molar-refractivity contribution in [1.29, 1.82) is 0 Å². The van der Waals surface area contributed by atoms with Gasteiger partial charge in [0.1, 0.15) is 11.8 Å². The highest BCUT2D eigenvalue weighted by molar-refractivity contribution is 5.86. The first kappa shape index (κ1) is 13.6. The highest BCUT2D eigenvalue weighted by atomic mass is 15.0. The molecular formula is C18H15N5. The summed E-state index contributed by atoms with van der Waals surface area (Å²) in [4.78, 5) is 15.8. The van der Waals surface area contributed by atoms with Crippen LogP contribution in [0.4, 0.5) is 0 Å². The molecule has 0 aliphatic carbocycles. The second-order valence-electron chi connectivity index (χ2n) is 5.33. The first-order chi connectivity index (χ1) is 11.3. The maximum Gasteiger partial charge on any atom is 0.181 e. The molecule has 5 heteroatoms. The Kier molecular flexibility index (Phi) is 3.33. The van der Waals surface area contributed by atoms with E-state index >= 15 is 0 Å². The number of fused-ring (bicyclic) bond motifs is 1. The van der Waals surface area contributed by atoms with E-state index in [9.17, 15) is 0 Å². The van der Waals surface area contributed by atoms with Crippen LogP contribution in [0.15, 0.2) is 67.3 Å². The molecule has 0 spiro atoms. The lowest BCUT2D eigenvalue weighted by atomic mass is 9.98. The third kappa shape index (κ3) is 2.47. The molecule has 0 fully saturated rings. The largest absolute Gasteiger partial charge is 0.341 e. The van der Waals surface area contributed by atoms with Gasteiger partial charge in [-0.15, -0.1) is 0 Å². The average molecular weight is 301 g/mol. The van der Waals surface area contributed by atoms with Gasteiger partial charge in [0.2, 0.25) is 0 Å². The average Bonchev–Trinajstić information content (AvgIpc) is 3.11. The zero-order valence-electron chi connectivity index (χ0n) is 12.3. The second kappa shape index (κ2) is 5.62. The fourth-order valence-corrected chi connectivity index (χ4v) is 2.69. The lowest BCUT2D eigenvalue weighted by Crippen LogP contribution is -2.11. The molecule has 0 unspecified atom stereocenters. The Morgan fingerprint density at radius 3 is 2.35 bits per heavy atom. The molecule has 1 atom stereocenters. The van der Waals surface area contributed by atoms with Gasteiger partial charge in [-0.05, 0) is 11.1 Å². The number of hydrogen-bond acceptors (Lipinski definition) is 4. The molecule has 0 bridgehead atoms. The summed E-state index contributed by atoms with van der Waals surface area (Å²) in [6, 6.07) is 18.1. The molecule has 0 saturated heterocycles. The molecule has 2 heterocycles. The predicted molar refractivity (Wildman–Crippen MR) is 89.6 cm³/mol. The first-order valence-corrected chi connectivity index (χ1v) is 7.38. The summed E-state index contributed by atoms with van der Waals surface area (Å²) < 4.78 is 0. The van der Waals surface area contributed by atoms with Crippen molar-refractivity contribution in [2.75, 3.05) is 0 Å². The van der Waals surface area contributed by atoms with E-state index in [-0.39, 0.29) is 6.04 Å². The monoisotopic (exact) mass is 301 g/mol. The van der Waals surface area contributed by atoms with Crippen LogP contribution in [0.3, 0.4) is 0 Å². The van der Waals surface area contributed by atoms with Crippen molar-refractivity contribution in [2.45, 2.75) is 6.04 Å². The normalized spacial score (nSPS) is 12.4. The molecule has 112 valence electrons. The Balaban J connectivity index is 1.70. The minimum absolute atomic E-state index is 0.136. The Morgan fingerprint density at radius 2 is 1.57 bits per heavy atom. The van der Waals surface area contributed by atoms with Crippen LogP contribution in [0.25, 0.3) is 22.4 Å². The van der Waals surface area contributed by atoms with E-state index in [0.717, 1.165) is 27.9 Å². The Morgan fingerprint density at radius 1 is 0.826 bits per heavy atom. The number of imidazole rings is 1. The van der Waals surface area contributed by atoms with Gasteiger partial charge in [-0.25, -0.2) is 15.0 Å². The molecule has 3 N–H and O–H groups in total. The van der Waals surface area contributed by atoms with Crippen molar-refractivity contribution >= 4 is 11.2 Å². The summed E-state index contributed by atoms with van der Waals surface area (Å²) in [5, 5.41) is 0. The summed E-state index contributed by atoms with van der Waals surface area (Å²) >= 11 is 0. The van der Waals surface area contributed by atoms with Crippen LogP contribution in [0.5, 0.6) is 0 Å². The molecule has 0 aliphatic rings. The zero-order chi connectivity index (χ0) is 15.6. The van der Waals surface area contributed by atoms with E-state index in [1.807, 2.05) is 54.6 Å². The highest BCUT2D eigenvalue weighted by Gasteiger charge is 2.11. The van der Waals surface area contributed by atoms with Crippen molar-refractivity contribution < 1.29 is 0 Å². The van der Waals surface area contributed by atoms with Crippen LogP contribution in [0.2, 0.25) is 0 Å². The van der Waals surface area contributed by atoms with Crippen LogP contribution in [-0.2, 0) is 0 Å². The maximum absolute atomic E-state index is 6.34. The number of nitrogens with one attached hydrogen (secondary N) is 1. The minimum Gasteiger partial charge on any atom is -0.341 e. The van der Waals surface area contributed by atoms with Crippen molar-refractivity contribution in [3.05, 3.63) is 78.4 Å². The van der Waals surface area contributed by atoms with Gasteiger partial charge in [0, 0.05) is 5.56 Å². The predicted octanol–water partition coefficient (Wildman–Crippen LogP) is 3.07.